The van der Waals surface area contributed by atoms with E-state index in [4.69, 9.17) is 9.47 Å². The minimum Gasteiger partial charge on any atom is -0.376 e. The average Bonchev–Trinajstić information content (AvgIpc) is 2.83. The summed E-state index contributed by atoms with van der Waals surface area (Å²) < 4.78 is 25.3. The Hall–Kier alpha value is -0.200. The number of benzene rings is 1. The Labute approximate surface area is 115 Å². The Morgan fingerprint density at radius 3 is 3.06 bits per heavy atom. The highest BCUT2D eigenvalue weighted by atomic mass is 127. The SMILES string of the molecule is Fc1cccc(C(CI)OCC2CCCO2)c1. The van der Waals surface area contributed by atoms with Crippen LogP contribution >= 0.6 is 22.6 Å². The van der Waals surface area contributed by atoms with Crippen molar-refractivity contribution in [1.29, 1.82) is 0 Å². The standard InChI is InChI=1S/C13H16FIO2/c14-11-4-1-3-10(7-11)13(8-15)17-9-12-5-2-6-16-12/h1,3-4,7,12-13H,2,5-6,8-9H2. The first-order valence-corrected chi connectivity index (χ1v) is 7.37. The van der Waals surface area contributed by atoms with Crippen LogP contribution in [0.15, 0.2) is 24.3 Å². The monoisotopic (exact) mass is 350 g/mol. The van der Waals surface area contributed by atoms with Gasteiger partial charge in [0.25, 0.3) is 0 Å². The number of hydrogen-bond donors (Lipinski definition) is 0. The zero-order valence-electron chi connectivity index (χ0n) is 9.57. The molecule has 0 aromatic heterocycles. The van der Waals surface area contributed by atoms with Gasteiger partial charge >= 0.3 is 0 Å². The van der Waals surface area contributed by atoms with E-state index >= 15 is 0 Å². The lowest BCUT2D eigenvalue weighted by molar-refractivity contribution is -0.0122. The van der Waals surface area contributed by atoms with Gasteiger partial charge < -0.3 is 9.47 Å². The first-order chi connectivity index (χ1) is 8.29. The number of halogens is 2. The quantitative estimate of drug-likeness (QED) is 0.598. The lowest BCUT2D eigenvalue weighted by atomic mass is 10.1. The van der Waals surface area contributed by atoms with Gasteiger partial charge in [-0.25, -0.2) is 4.39 Å². The Morgan fingerprint density at radius 1 is 1.53 bits per heavy atom. The molecule has 0 amide bonds. The van der Waals surface area contributed by atoms with E-state index in [2.05, 4.69) is 22.6 Å². The number of ether oxygens (including phenoxy) is 2. The summed E-state index contributed by atoms with van der Waals surface area (Å²) in [4.78, 5) is 0. The molecule has 2 nitrogen and oxygen atoms in total. The maximum Gasteiger partial charge on any atom is 0.123 e. The second-order valence-corrected chi connectivity index (χ2v) is 5.05. The average molecular weight is 350 g/mol. The highest BCUT2D eigenvalue weighted by molar-refractivity contribution is 14.1. The van der Waals surface area contributed by atoms with Crippen molar-refractivity contribution in [3.63, 3.8) is 0 Å². The molecule has 1 heterocycles. The summed E-state index contributed by atoms with van der Waals surface area (Å²) in [5, 5.41) is 0. The first kappa shape index (κ1) is 13.2. The lowest BCUT2D eigenvalue weighted by Gasteiger charge is -2.18. The van der Waals surface area contributed by atoms with Crippen LogP contribution in [0.5, 0.6) is 0 Å². The third kappa shape index (κ3) is 3.89. The van der Waals surface area contributed by atoms with Crippen LogP contribution in [0, 0.1) is 5.82 Å². The maximum atomic E-state index is 13.1. The Balaban J connectivity index is 1.91. The predicted molar refractivity (Wildman–Crippen MR) is 73.0 cm³/mol. The number of alkyl halides is 1. The summed E-state index contributed by atoms with van der Waals surface area (Å²) in [5.74, 6) is -0.210. The summed E-state index contributed by atoms with van der Waals surface area (Å²) in [5.41, 5.74) is 0.900. The summed E-state index contributed by atoms with van der Waals surface area (Å²) in [6.45, 7) is 1.44. The van der Waals surface area contributed by atoms with Crippen molar-refractivity contribution in [2.24, 2.45) is 0 Å². The molecule has 1 saturated heterocycles. The molecule has 2 unspecified atom stereocenters. The molecule has 0 N–H and O–H groups in total. The van der Waals surface area contributed by atoms with Gasteiger partial charge in [0.1, 0.15) is 5.82 Å². The molecule has 0 saturated carbocycles. The lowest BCUT2D eigenvalue weighted by Crippen LogP contribution is -2.17. The minimum atomic E-state index is -0.210. The fraction of sp³-hybridized carbons (Fsp3) is 0.538. The van der Waals surface area contributed by atoms with Crippen LogP contribution in [-0.4, -0.2) is 23.7 Å². The largest absolute Gasteiger partial charge is 0.376 e. The topological polar surface area (TPSA) is 18.5 Å². The van der Waals surface area contributed by atoms with Crippen molar-refractivity contribution in [3.05, 3.63) is 35.6 Å². The summed E-state index contributed by atoms with van der Waals surface area (Å²) in [6, 6.07) is 6.62. The van der Waals surface area contributed by atoms with Gasteiger partial charge in [0.15, 0.2) is 0 Å². The Kier molecular flexibility index (Phi) is 5.18. The number of hydrogen-bond acceptors (Lipinski definition) is 2. The third-order valence-corrected chi connectivity index (χ3v) is 3.67. The van der Waals surface area contributed by atoms with Gasteiger partial charge in [-0.3, -0.25) is 0 Å². The van der Waals surface area contributed by atoms with E-state index in [-0.39, 0.29) is 18.0 Å². The molecule has 1 aliphatic heterocycles. The van der Waals surface area contributed by atoms with E-state index in [9.17, 15) is 4.39 Å². The van der Waals surface area contributed by atoms with E-state index < -0.39 is 0 Å². The molecule has 4 heteroatoms. The summed E-state index contributed by atoms with van der Waals surface area (Å²) >= 11 is 2.26. The molecule has 94 valence electrons. The zero-order chi connectivity index (χ0) is 12.1. The molecule has 2 rings (SSSR count). The summed E-state index contributed by atoms with van der Waals surface area (Å²) in [7, 11) is 0. The third-order valence-electron chi connectivity index (χ3n) is 2.87. The van der Waals surface area contributed by atoms with Crippen LogP contribution in [0.4, 0.5) is 4.39 Å². The van der Waals surface area contributed by atoms with E-state index in [1.807, 2.05) is 6.07 Å². The van der Waals surface area contributed by atoms with E-state index in [1.54, 1.807) is 12.1 Å². The van der Waals surface area contributed by atoms with E-state index in [1.165, 1.54) is 6.07 Å². The van der Waals surface area contributed by atoms with Gasteiger partial charge in [0.05, 0.1) is 18.8 Å². The van der Waals surface area contributed by atoms with Crippen molar-refractivity contribution < 1.29 is 13.9 Å². The maximum absolute atomic E-state index is 13.1. The van der Waals surface area contributed by atoms with Crippen molar-refractivity contribution in [2.45, 2.75) is 25.0 Å². The highest BCUT2D eigenvalue weighted by Crippen LogP contribution is 2.22. The molecule has 0 spiro atoms. The van der Waals surface area contributed by atoms with Crippen molar-refractivity contribution in [1.82, 2.24) is 0 Å². The molecule has 1 aromatic rings. The highest BCUT2D eigenvalue weighted by Gasteiger charge is 2.18. The van der Waals surface area contributed by atoms with Crippen molar-refractivity contribution >= 4 is 22.6 Å². The minimum absolute atomic E-state index is 0.0458. The van der Waals surface area contributed by atoms with Gasteiger partial charge in [-0.1, -0.05) is 34.7 Å². The second kappa shape index (κ2) is 6.66. The predicted octanol–water partition coefficient (Wildman–Crippen LogP) is 3.50. The Bertz CT molecular complexity index is 353. The van der Waals surface area contributed by atoms with Gasteiger partial charge in [-0.05, 0) is 30.5 Å². The Morgan fingerprint density at radius 2 is 2.41 bits per heavy atom. The first-order valence-electron chi connectivity index (χ1n) is 5.84. The van der Waals surface area contributed by atoms with Gasteiger partial charge in [0.2, 0.25) is 0 Å². The van der Waals surface area contributed by atoms with Crippen LogP contribution < -0.4 is 0 Å². The van der Waals surface area contributed by atoms with Crippen LogP contribution in [0.1, 0.15) is 24.5 Å². The molecular weight excluding hydrogens is 334 g/mol. The van der Waals surface area contributed by atoms with Crippen LogP contribution in [0.2, 0.25) is 0 Å². The van der Waals surface area contributed by atoms with Crippen molar-refractivity contribution in [3.8, 4) is 0 Å². The zero-order valence-corrected chi connectivity index (χ0v) is 11.7. The summed E-state index contributed by atoms with van der Waals surface area (Å²) in [6.07, 6.45) is 2.35. The van der Waals surface area contributed by atoms with Gasteiger partial charge in [-0.15, -0.1) is 0 Å². The molecule has 1 aromatic carbocycles. The van der Waals surface area contributed by atoms with Crippen LogP contribution in [-0.2, 0) is 9.47 Å². The smallest absolute Gasteiger partial charge is 0.123 e. The van der Waals surface area contributed by atoms with Gasteiger partial charge in [-0.2, -0.15) is 0 Å². The van der Waals surface area contributed by atoms with Gasteiger partial charge in [0, 0.05) is 11.0 Å². The normalized spacial score (nSPS) is 21.6. The molecular formula is C13H16FIO2. The molecule has 1 aliphatic rings. The fourth-order valence-corrected chi connectivity index (χ4v) is 2.70. The second-order valence-electron chi connectivity index (χ2n) is 4.17. The van der Waals surface area contributed by atoms with Crippen molar-refractivity contribution in [2.75, 3.05) is 17.6 Å². The van der Waals surface area contributed by atoms with Crippen LogP contribution in [0.25, 0.3) is 0 Å². The molecule has 2 atom stereocenters. The molecule has 0 bridgehead atoms. The van der Waals surface area contributed by atoms with Crippen LogP contribution in [0.3, 0.4) is 0 Å². The molecule has 0 aliphatic carbocycles. The van der Waals surface area contributed by atoms with E-state index in [0.717, 1.165) is 29.4 Å². The fourth-order valence-electron chi connectivity index (χ4n) is 1.94. The van der Waals surface area contributed by atoms with E-state index in [0.29, 0.717) is 6.61 Å². The molecule has 17 heavy (non-hydrogen) atoms. The molecule has 0 radical (unpaired) electrons. The molecule has 1 fully saturated rings. The number of rotatable bonds is 5.